The highest BCUT2D eigenvalue weighted by Crippen LogP contribution is 2.20. The topological polar surface area (TPSA) is 23.8 Å². The van der Waals surface area contributed by atoms with E-state index in [9.17, 15) is 0 Å². The van der Waals surface area contributed by atoms with Crippen molar-refractivity contribution in [3.8, 4) is 6.07 Å². The molecule has 1 aliphatic carbocycles. The van der Waals surface area contributed by atoms with Gasteiger partial charge in [-0.2, -0.15) is 5.26 Å². The van der Waals surface area contributed by atoms with Crippen LogP contribution in [0.5, 0.6) is 0 Å². The normalized spacial score (nSPS) is 16.4. The van der Waals surface area contributed by atoms with Crippen LogP contribution in [-0.4, -0.2) is 0 Å². The summed E-state index contributed by atoms with van der Waals surface area (Å²) in [5, 5.41) is 9.13. The fourth-order valence-electron chi connectivity index (χ4n) is 0.874. The van der Waals surface area contributed by atoms with E-state index in [1.165, 1.54) is 0 Å². The molecular weight excluding hydrogens is 158 g/mol. The van der Waals surface area contributed by atoms with Gasteiger partial charge in [-0.25, -0.2) is 0 Å². The second-order valence-electron chi connectivity index (χ2n) is 2.24. The van der Waals surface area contributed by atoms with Gasteiger partial charge in [-0.05, 0) is 12.0 Å². The fourth-order valence-corrected chi connectivity index (χ4v) is 1.09. The molecule has 0 atom stereocenters. The first kappa shape index (κ1) is 8.10. The summed E-state index contributed by atoms with van der Waals surface area (Å²) in [5.74, 6) is 0. The molecule has 0 fully saturated rings. The van der Waals surface area contributed by atoms with Crippen molar-refractivity contribution < 1.29 is 0 Å². The molecule has 0 heterocycles. The van der Waals surface area contributed by atoms with E-state index in [1.807, 2.05) is 24.3 Å². The third-order valence-electron chi connectivity index (χ3n) is 1.44. The molecule has 2 heteroatoms. The van der Waals surface area contributed by atoms with E-state index in [-0.39, 0.29) is 0 Å². The van der Waals surface area contributed by atoms with Crippen molar-refractivity contribution in [1.29, 1.82) is 5.26 Å². The van der Waals surface area contributed by atoms with Crippen molar-refractivity contribution >= 4 is 11.6 Å². The van der Waals surface area contributed by atoms with Crippen LogP contribution in [0.25, 0.3) is 0 Å². The molecular formula is C9H8ClN. The van der Waals surface area contributed by atoms with Crippen molar-refractivity contribution in [3.63, 3.8) is 0 Å². The molecule has 0 bridgehead atoms. The molecule has 0 amide bonds. The van der Waals surface area contributed by atoms with E-state index in [0.717, 1.165) is 12.0 Å². The molecule has 0 N–H and O–H groups in total. The smallest absolute Gasteiger partial charge is 0.0670 e. The van der Waals surface area contributed by atoms with Crippen LogP contribution in [0.2, 0.25) is 0 Å². The highest BCUT2D eigenvalue weighted by atomic mass is 35.5. The Labute approximate surface area is 71.3 Å². The number of hydrogen-bond donors (Lipinski definition) is 0. The Morgan fingerprint density at radius 2 is 2.45 bits per heavy atom. The second-order valence-corrected chi connectivity index (χ2v) is 2.65. The van der Waals surface area contributed by atoms with Gasteiger partial charge in [0, 0.05) is 5.03 Å². The predicted molar refractivity (Wildman–Crippen MR) is 46.0 cm³/mol. The predicted octanol–water partition coefficient (Wildman–Crippen LogP) is 2.91. The van der Waals surface area contributed by atoms with Gasteiger partial charge in [0.1, 0.15) is 0 Å². The van der Waals surface area contributed by atoms with Crippen LogP contribution in [0, 0.1) is 11.3 Å². The molecule has 0 aliphatic heterocycles. The van der Waals surface area contributed by atoms with Gasteiger partial charge in [0.2, 0.25) is 0 Å². The summed E-state index contributed by atoms with van der Waals surface area (Å²) >= 11 is 5.87. The van der Waals surface area contributed by atoms with Crippen molar-refractivity contribution in [2.75, 3.05) is 0 Å². The maximum atomic E-state index is 8.43. The summed E-state index contributed by atoms with van der Waals surface area (Å²) in [6, 6.07) is 2.07. The van der Waals surface area contributed by atoms with Gasteiger partial charge in [0.05, 0.1) is 12.5 Å². The number of nitrogens with zero attached hydrogens (tertiary/aromatic N) is 1. The summed E-state index contributed by atoms with van der Waals surface area (Å²) in [6.07, 6.45) is 8.97. The number of halogens is 1. The molecule has 1 nitrogen and oxygen atoms in total. The fraction of sp³-hybridized carbons (Fsp3) is 0.222. The van der Waals surface area contributed by atoms with Crippen LogP contribution >= 0.6 is 11.6 Å². The molecule has 0 saturated heterocycles. The lowest BCUT2D eigenvalue weighted by atomic mass is 10.2. The first-order valence-corrected chi connectivity index (χ1v) is 3.81. The Morgan fingerprint density at radius 3 is 3.18 bits per heavy atom. The third-order valence-corrected chi connectivity index (χ3v) is 1.84. The summed E-state index contributed by atoms with van der Waals surface area (Å²) in [7, 11) is 0. The van der Waals surface area contributed by atoms with E-state index in [4.69, 9.17) is 16.9 Å². The van der Waals surface area contributed by atoms with E-state index in [1.54, 1.807) is 0 Å². The van der Waals surface area contributed by atoms with E-state index >= 15 is 0 Å². The summed E-state index contributed by atoms with van der Waals surface area (Å²) in [4.78, 5) is 0. The molecule has 56 valence electrons. The van der Waals surface area contributed by atoms with Crippen LogP contribution < -0.4 is 0 Å². The molecule has 0 radical (unpaired) electrons. The lowest BCUT2D eigenvalue weighted by Gasteiger charge is -1.96. The summed E-state index contributed by atoms with van der Waals surface area (Å²) in [6.45, 7) is 0. The van der Waals surface area contributed by atoms with Gasteiger partial charge in [0.15, 0.2) is 0 Å². The minimum absolute atomic E-state index is 0.389. The van der Waals surface area contributed by atoms with E-state index in [0.29, 0.717) is 11.5 Å². The number of nitriles is 1. The van der Waals surface area contributed by atoms with Crippen LogP contribution in [0.15, 0.2) is 34.9 Å². The van der Waals surface area contributed by atoms with E-state index in [2.05, 4.69) is 6.07 Å². The number of allylic oxidation sites excluding steroid dienone is 6. The maximum Gasteiger partial charge on any atom is 0.0670 e. The standard InChI is InChI=1S/C9H8ClN/c10-9-5-3-1-2-4-8(9)6-7-11/h1-2,4-5H,3,6H2. The highest BCUT2D eigenvalue weighted by Gasteiger charge is 2.01. The van der Waals surface area contributed by atoms with Crippen molar-refractivity contribution in [1.82, 2.24) is 0 Å². The van der Waals surface area contributed by atoms with Gasteiger partial charge in [0.25, 0.3) is 0 Å². The van der Waals surface area contributed by atoms with Gasteiger partial charge in [-0.15, -0.1) is 0 Å². The molecule has 1 aliphatic rings. The Kier molecular flexibility index (Phi) is 2.95. The average Bonchev–Trinajstić information content (AvgIpc) is 2.18. The zero-order valence-corrected chi connectivity index (χ0v) is 6.80. The number of rotatable bonds is 1. The third kappa shape index (κ3) is 2.25. The van der Waals surface area contributed by atoms with Gasteiger partial charge in [-0.1, -0.05) is 35.9 Å². The van der Waals surface area contributed by atoms with Crippen molar-refractivity contribution in [2.24, 2.45) is 0 Å². The van der Waals surface area contributed by atoms with Crippen LogP contribution in [0.3, 0.4) is 0 Å². The van der Waals surface area contributed by atoms with Gasteiger partial charge < -0.3 is 0 Å². The van der Waals surface area contributed by atoms with Crippen molar-refractivity contribution in [2.45, 2.75) is 12.8 Å². The lowest BCUT2D eigenvalue weighted by molar-refractivity contribution is 1.26. The largest absolute Gasteiger partial charge is 0.198 e. The maximum absolute atomic E-state index is 8.43. The van der Waals surface area contributed by atoms with E-state index < -0.39 is 0 Å². The molecule has 0 aromatic rings. The first-order valence-electron chi connectivity index (χ1n) is 3.43. The zero-order chi connectivity index (χ0) is 8.10. The zero-order valence-electron chi connectivity index (χ0n) is 6.05. The Hall–Kier alpha value is -1.00. The van der Waals surface area contributed by atoms with Gasteiger partial charge in [-0.3, -0.25) is 0 Å². The summed E-state index contributed by atoms with van der Waals surface area (Å²) in [5.41, 5.74) is 0.905. The molecule has 1 rings (SSSR count). The summed E-state index contributed by atoms with van der Waals surface area (Å²) < 4.78 is 0. The minimum atomic E-state index is 0.389. The average molecular weight is 166 g/mol. The Morgan fingerprint density at radius 1 is 1.64 bits per heavy atom. The van der Waals surface area contributed by atoms with Crippen LogP contribution in [-0.2, 0) is 0 Å². The lowest BCUT2D eigenvalue weighted by Crippen LogP contribution is -1.79. The monoisotopic (exact) mass is 165 g/mol. The molecule has 0 unspecified atom stereocenters. The molecule has 11 heavy (non-hydrogen) atoms. The van der Waals surface area contributed by atoms with Crippen molar-refractivity contribution in [3.05, 3.63) is 34.9 Å². The molecule has 0 aromatic carbocycles. The van der Waals surface area contributed by atoms with Crippen LogP contribution in [0.1, 0.15) is 12.8 Å². The first-order chi connectivity index (χ1) is 5.34. The second kappa shape index (κ2) is 4.00. The minimum Gasteiger partial charge on any atom is -0.198 e. The SMILES string of the molecule is N#CCC1=CC=CCC=C1Cl. The number of hydrogen-bond acceptors (Lipinski definition) is 1. The highest BCUT2D eigenvalue weighted by molar-refractivity contribution is 6.32. The Bertz CT molecular complexity index is 266. The molecule has 0 aromatic heterocycles. The Balaban J connectivity index is 2.82. The molecule has 0 spiro atoms. The quantitative estimate of drug-likeness (QED) is 0.586. The van der Waals surface area contributed by atoms with Crippen LogP contribution in [0.4, 0.5) is 0 Å². The van der Waals surface area contributed by atoms with Gasteiger partial charge >= 0.3 is 0 Å². The molecule has 0 saturated carbocycles.